The van der Waals surface area contributed by atoms with Crippen LogP contribution in [0.2, 0.25) is 0 Å². The number of hydrogen-bond acceptors (Lipinski definition) is 5. The predicted octanol–water partition coefficient (Wildman–Crippen LogP) is 1.67. The fraction of sp³-hybridized carbons (Fsp3) is 0.333. The van der Waals surface area contributed by atoms with Crippen LogP contribution in [0.1, 0.15) is 0 Å². The molecule has 0 aliphatic heterocycles. The maximum atomic E-state index is 10.3. The van der Waals surface area contributed by atoms with Crippen LogP contribution < -0.4 is 6.15 Å². The minimum Gasteiger partial charge on any atom is -0.344 e. The lowest BCUT2D eigenvalue weighted by atomic mass is 10.7. The van der Waals surface area contributed by atoms with Gasteiger partial charge in [-0.2, -0.15) is 0 Å². The molecule has 0 aliphatic carbocycles. The van der Waals surface area contributed by atoms with E-state index in [1.807, 2.05) is 0 Å². The SMILES string of the molecule is C=CCO[P+](=O)O[P+](=O)O.N. The van der Waals surface area contributed by atoms with Gasteiger partial charge in [0.25, 0.3) is 0 Å². The molecule has 8 heteroatoms. The topological polar surface area (TPSA) is 108 Å². The lowest BCUT2D eigenvalue weighted by Crippen LogP contribution is -1.78. The van der Waals surface area contributed by atoms with E-state index in [1.54, 1.807) is 0 Å². The van der Waals surface area contributed by atoms with Gasteiger partial charge in [-0.3, -0.25) is 0 Å². The normalized spacial score (nSPS) is 11.4. The van der Waals surface area contributed by atoms with Crippen molar-refractivity contribution < 1.29 is 22.9 Å². The molecule has 0 saturated carbocycles. The highest BCUT2D eigenvalue weighted by molar-refractivity contribution is 7.47. The van der Waals surface area contributed by atoms with Crippen molar-refractivity contribution >= 4 is 16.5 Å². The third-order valence-electron chi connectivity index (χ3n) is 0.434. The van der Waals surface area contributed by atoms with Crippen molar-refractivity contribution in [1.82, 2.24) is 6.15 Å². The Morgan fingerprint density at radius 3 is 2.45 bits per heavy atom. The molecule has 0 bridgehead atoms. The van der Waals surface area contributed by atoms with Crippen LogP contribution in [0.3, 0.4) is 0 Å². The second-order valence-corrected chi connectivity index (χ2v) is 2.96. The van der Waals surface area contributed by atoms with Crippen molar-refractivity contribution in [3.05, 3.63) is 12.7 Å². The average molecular weight is 201 g/mol. The molecule has 0 aromatic heterocycles. The Morgan fingerprint density at radius 2 is 2.09 bits per heavy atom. The van der Waals surface area contributed by atoms with Crippen LogP contribution in [0, 0.1) is 0 Å². The zero-order valence-electron chi connectivity index (χ0n) is 5.67. The minimum absolute atomic E-state index is 0. The van der Waals surface area contributed by atoms with Crippen molar-refractivity contribution in [2.45, 2.75) is 0 Å². The summed E-state index contributed by atoms with van der Waals surface area (Å²) < 4.78 is 28.3. The quantitative estimate of drug-likeness (QED) is 0.517. The van der Waals surface area contributed by atoms with Crippen LogP contribution in [0.4, 0.5) is 0 Å². The Balaban J connectivity index is 0. The highest BCUT2D eigenvalue weighted by Crippen LogP contribution is 2.35. The van der Waals surface area contributed by atoms with Crippen LogP contribution in [0.5, 0.6) is 0 Å². The molecule has 11 heavy (non-hydrogen) atoms. The highest BCUT2D eigenvalue weighted by Gasteiger charge is 2.35. The molecule has 4 N–H and O–H groups in total. The molecular weight excluding hydrogens is 192 g/mol. The summed E-state index contributed by atoms with van der Waals surface area (Å²) >= 11 is 0. The molecule has 0 aromatic carbocycles. The molecule has 0 fully saturated rings. The summed E-state index contributed by atoms with van der Waals surface area (Å²) in [6.45, 7) is 3.29. The lowest BCUT2D eigenvalue weighted by molar-refractivity contribution is 0.307. The fourth-order valence-corrected chi connectivity index (χ4v) is 1.07. The molecule has 0 aromatic rings. The van der Waals surface area contributed by atoms with Gasteiger partial charge in [0.2, 0.25) is 0 Å². The zero-order chi connectivity index (χ0) is 7.98. The van der Waals surface area contributed by atoms with Crippen LogP contribution in [-0.2, 0) is 18.0 Å². The van der Waals surface area contributed by atoms with Gasteiger partial charge in [-0.1, -0.05) is 6.08 Å². The van der Waals surface area contributed by atoms with E-state index in [0.29, 0.717) is 0 Å². The second-order valence-electron chi connectivity index (χ2n) is 1.13. The molecule has 6 nitrogen and oxygen atoms in total. The number of hydrogen-bond donors (Lipinski definition) is 2. The molecular formula is C3H9NO5P2+2. The first-order valence-corrected chi connectivity index (χ1v) is 4.44. The summed E-state index contributed by atoms with van der Waals surface area (Å²) in [6.07, 6.45) is 1.35. The van der Waals surface area contributed by atoms with E-state index >= 15 is 0 Å². The van der Waals surface area contributed by atoms with Gasteiger partial charge in [-0.25, -0.2) is 0 Å². The van der Waals surface area contributed by atoms with E-state index in [2.05, 4.69) is 15.4 Å². The van der Waals surface area contributed by atoms with Gasteiger partial charge in [-0.15, -0.1) is 16.0 Å². The molecule has 0 spiro atoms. The highest BCUT2D eigenvalue weighted by atomic mass is 31.2. The van der Waals surface area contributed by atoms with Crippen molar-refractivity contribution in [3.63, 3.8) is 0 Å². The zero-order valence-corrected chi connectivity index (χ0v) is 7.46. The Bertz CT molecular complexity index is 160. The van der Waals surface area contributed by atoms with Gasteiger partial charge < -0.3 is 6.15 Å². The largest absolute Gasteiger partial charge is 0.748 e. The predicted molar refractivity (Wildman–Crippen MR) is 39.7 cm³/mol. The fourth-order valence-electron chi connectivity index (χ4n) is 0.194. The summed E-state index contributed by atoms with van der Waals surface area (Å²) in [5.74, 6) is 0. The van der Waals surface area contributed by atoms with Crippen molar-refractivity contribution in [2.75, 3.05) is 6.61 Å². The molecule has 0 heterocycles. The first-order valence-electron chi connectivity index (χ1n) is 2.22. The molecule has 0 amide bonds. The molecule has 2 atom stereocenters. The van der Waals surface area contributed by atoms with Crippen LogP contribution in [0.15, 0.2) is 12.7 Å². The average Bonchev–Trinajstić information content (AvgIpc) is 1.82. The standard InChI is InChI=1S/C3H5O5P2.H3N/c1-2-3-7-10(6)8-9(4)5;/h2H,1,3H2;1H3/q+1;/p+1. The summed E-state index contributed by atoms with van der Waals surface area (Å²) in [6, 6.07) is 0. The Hall–Kier alpha value is -0.220. The Morgan fingerprint density at radius 1 is 1.55 bits per heavy atom. The first-order chi connectivity index (χ1) is 4.66. The maximum Gasteiger partial charge on any atom is 0.748 e. The number of rotatable bonds is 5. The van der Waals surface area contributed by atoms with E-state index in [-0.39, 0.29) is 12.8 Å². The lowest BCUT2D eigenvalue weighted by Gasteiger charge is -1.73. The van der Waals surface area contributed by atoms with Crippen LogP contribution in [-0.4, -0.2) is 11.5 Å². The van der Waals surface area contributed by atoms with Gasteiger partial charge in [-0.05, 0) is 0 Å². The molecule has 0 saturated heterocycles. The molecule has 0 rings (SSSR count). The summed E-state index contributed by atoms with van der Waals surface area (Å²) in [5, 5.41) is 0. The van der Waals surface area contributed by atoms with E-state index in [9.17, 15) is 9.13 Å². The molecule has 0 aliphatic rings. The van der Waals surface area contributed by atoms with Crippen molar-refractivity contribution in [1.29, 1.82) is 0 Å². The first kappa shape index (κ1) is 13.4. The molecule has 64 valence electrons. The van der Waals surface area contributed by atoms with Gasteiger partial charge in [0, 0.05) is 9.13 Å². The van der Waals surface area contributed by atoms with E-state index in [1.165, 1.54) is 6.08 Å². The smallest absolute Gasteiger partial charge is 0.344 e. The molecule has 0 radical (unpaired) electrons. The van der Waals surface area contributed by atoms with E-state index < -0.39 is 16.5 Å². The second kappa shape index (κ2) is 7.88. The van der Waals surface area contributed by atoms with E-state index in [4.69, 9.17) is 4.89 Å². The van der Waals surface area contributed by atoms with Gasteiger partial charge in [0.15, 0.2) is 4.31 Å². The maximum absolute atomic E-state index is 10.3. The van der Waals surface area contributed by atoms with Gasteiger partial charge >= 0.3 is 16.5 Å². The van der Waals surface area contributed by atoms with Crippen molar-refractivity contribution in [3.8, 4) is 0 Å². The monoisotopic (exact) mass is 201 g/mol. The summed E-state index contributed by atoms with van der Waals surface area (Å²) in [4.78, 5) is 8.02. The van der Waals surface area contributed by atoms with Gasteiger partial charge in [0.05, 0.1) is 0 Å². The van der Waals surface area contributed by atoms with Crippen LogP contribution >= 0.6 is 16.5 Å². The summed E-state index contributed by atoms with van der Waals surface area (Å²) in [7, 11) is -5.33. The minimum atomic E-state index is -2.85. The Labute approximate surface area is 65.7 Å². The van der Waals surface area contributed by atoms with Crippen molar-refractivity contribution in [2.24, 2.45) is 0 Å². The Kier molecular flexibility index (Phi) is 9.58. The van der Waals surface area contributed by atoms with E-state index in [0.717, 1.165) is 0 Å². The van der Waals surface area contributed by atoms with Crippen LogP contribution in [0.25, 0.3) is 0 Å². The third kappa shape index (κ3) is 9.78. The third-order valence-corrected chi connectivity index (χ3v) is 1.89. The van der Waals surface area contributed by atoms with Gasteiger partial charge in [0.1, 0.15) is 6.61 Å². The molecule has 2 unspecified atom stereocenters. The summed E-state index contributed by atoms with van der Waals surface area (Å²) in [5.41, 5.74) is 0.